The van der Waals surface area contributed by atoms with Gasteiger partial charge in [0.05, 0.1) is 13.2 Å². The third-order valence-corrected chi connectivity index (χ3v) is 5.98. The number of aromatic amines is 1. The molecule has 0 saturated heterocycles. The van der Waals surface area contributed by atoms with E-state index in [0.29, 0.717) is 23.2 Å². The van der Waals surface area contributed by atoms with Crippen LogP contribution in [0.3, 0.4) is 0 Å². The molecule has 0 aliphatic rings. The van der Waals surface area contributed by atoms with Gasteiger partial charge in [-0.25, -0.2) is 10.1 Å². The second kappa shape index (κ2) is 9.11. The molecule has 0 bridgehead atoms. The molecule has 0 amide bonds. The Hall–Kier alpha value is -2.49. The molecular weight excluding hydrogens is 470 g/mol. The Balaban J connectivity index is 1.61. The third-order valence-electron chi connectivity index (χ3n) is 4.92. The zero-order chi connectivity index (χ0) is 21.1. The number of imidazole rings is 1. The lowest BCUT2D eigenvalue weighted by Crippen LogP contribution is -2.06. The topological polar surface area (TPSA) is 97.4 Å². The van der Waals surface area contributed by atoms with Crippen molar-refractivity contribution in [3.63, 3.8) is 0 Å². The van der Waals surface area contributed by atoms with Crippen LogP contribution in [0.25, 0.3) is 17.2 Å². The summed E-state index contributed by atoms with van der Waals surface area (Å²) in [6.45, 7) is 2.58. The molecule has 3 heterocycles. The van der Waals surface area contributed by atoms with Gasteiger partial charge < -0.3 is 14.2 Å². The SMILES string of the molecule is CCCCc1nc(CO)c(Cl)n1Cc1ccc(-n2ccc(Br)c2-c2nnn[nH]2)cc1. The Kier molecular flexibility index (Phi) is 6.31. The largest absolute Gasteiger partial charge is 0.390 e. The highest BCUT2D eigenvalue weighted by atomic mass is 79.9. The Labute approximate surface area is 187 Å². The molecule has 0 radical (unpaired) electrons. The number of H-pyrrole nitrogens is 1. The second-order valence-corrected chi connectivity index (χ2v) is 8.12. The lowest BCUT2D eigenvalue weighted by Gasteiger charge is -2.12. The average molecular weight is 491 g/mol. The second-order valence-electron chi connectivity index (χ2n) is 6.91. The van der Waals surface area contributed by atoms with Gasteiger partial charge in [0.2, 0.25) is 0 Å². The number of halogens is 2. The van der Waals surface area contributed by atoms with Crippen molar-refractivity contribution in [1.82, 2.24) is 34.7 Å². The van der Waals surface area contributed by atoms with Crippen LogP contribution >= 0.6 is 27.5 Å². The van der Waals surface area contributed by atoms with Crippen LogP contribution in [0.5, 0.6) is 0 Å². The molecular formula is C20H21BrClN7O. The molecule has 0 atom stereocenters. The highest BCUT2D eigenvalue weighted by Gasteiger charge is 2.16. The standard InChI is InChI=1S/C20H21BrClN7O/c1-2-3-4-17-23-16(12-30)19(22)29(17)11-13-5-7-14(8-6-13)28-10-9-15(21)18(28)20-24-26-27-25-20/h5-10,30H,2-4,11-12H2,1H3,(H,24,25,26,27). The first-order chi connectivity index (χ1) is 14.6. The summed E-state index contributed by atoms with van der Waals surface area (Å²) in [6.07, 6.45) is 4.89. The molecule has 4 rings (SSSR count). The van der Waals surface area contributed by atoms with Crippen molar-refractivity contribution in [2.75, 3.05) is 0 Å². The molecule has 0 fully saturated rings. The van der Waals surface area contributed by atoms with Gasteiger partial charge >= 0.3 is 0 Å². The van der Waals surface area contributed by atoms with Gasteiger partial charge in [0.15, 0.2) is 5.82 Å². The molecule has 1 aromatic carbocycles. The number of nitrogens with one attached hydrogen (secondary N) is 1. The maximum atomic E-state index is 9.53. The van der Waals surface area contributed by atoms with Crippen molar-refractivity contribution in [1.29, 1.82) is 0 Å². The fourth-order valence-corrected chi connectivity index (χ4v) is 4.13. The number of tetrazole rings is 1. The summed E-state index contributed by atoms with van der Waals surface area (Å²) in [4.78, 5) is 4.52. The Morgan fingerprint density at radius 3 is 2.67 bits per heavy atom. The fourth-order valence-electron chi connectivity index (χ4n) is 3.37. The number of hydrogen-bond acceptors (Lipinski definition) is 5. The average Bonchev–Trinajstić information content (AvgIpc) is 3.48. The molecule has 30 heavy (non-hydrogen) atoms. The van der Waals surface area contributed by atoms with E-state index in [0.717, 1.165) is 46.5 Å². The van der Waals surface area contributed by atoms with Crippen LogP contribution in [0.15, 0.2) is 41.0 Å². The molecule has 0 aliphatic heterocycles. The normalized spacial score (nSPS) is 11.3. The van der Waals surface area contributed by atoms with Crippen molar-refractivity contribution in [3.05, 3.63) is 63.2 Å². The number of aliphatic hydroxyl groups is 1. The lowest BCUT2D eigenvalue weighted by atomic mass is 10.2. The van der Waals surface area contributed by atoms with Crippen molar-refractivity contribution in [3.8, 4) is 17.2 Å². The van der Waals surface area contributed by atoms with Crippen LogP contribution in [-0.2, 0) is 19.6 Å². The minimum Gasteiger partial charge on any atom is -0.390 e. The van der Waals surface area contributed by atoms with Gasteiger partial charge in [0, 0.05) is 22.8 Å². The van der Waals surface area contributed by atoms with Crippen molar-refractivity contribution in [2.24, 2.45) is 0 Å². The Morgan fingerprint density at radius 1 is 1.20 bits per heavy atom. The van der Waals surface area contributed by atoms with E-state index in [1.54, 1.807) is 0 Å². The summed E-state index contributed by atoms with van der Waals surface area (Å²) in [5.41, 5.74) is 3.45. The number of rotatable bonds is 8. The number of aromatic nitrogens is 7. The molecule has 3 aromatic heterocycles. The minimum atomic E-state index is -0.161. The van der Waals surface area contributed by atoms with Gasteiger partial charge in [0.25, 0.3) is 0 Å². The highest BCUT2D eigenvalue weighted by Crippen LogP contribution is 2.29. The first-order valence-electron chi connectivity index (χ1n) is 9.67. The van der Waals surface area contributed by atoms with E-state index >= 15 is 0 Å². The Bertz CT molecular complexity index is 1120. The number of benzene rings is 1. The molecule has 2 N–H and O–H groups in total. The third kappa shape index (κ3) is 4.05. The van der Waals surface area contributed by atoms with E-state index in [4.69, 9.17) is 11.6 Å². The smallest absolute Gasteiger partial charge is 0.197 e. The summed E-state index contributed by atoms with van der Waals surface area (Å²) < 4.78 is 4.89. The number of aliphatic hydroxyl groups excluding tert-OH is 1. The summed E-state index contributed by atoms with van der Waals surface area (Å²) >= 11 is 10.0. The molecule has 0 saturated carbocycles. The molecule has 8 nitrogen and oxygen atoms in total. The van der Waals surface area contributed by atoms with Crippen LogP contribution in [0.2, 0.25) is 5.15 Å². The first kappa shape index (κ1) is 20.8. The van der Waals surface area contributed by atoms with Gasteiger partial charge in [-0.2, -0.15) is 0 Å². The predicted molar refractivity (Wildman–Crippen MR) is 118 cm³/mol. The van der Waals surface area contributed by atoms with Crippen LogP contribution < -0.4 is 0 Å². The van der Waals surface area contributed by atoms with E-state index in [1.165, 1.54) is 0 Å². The maximum Gasteiger partial charge on any atom is 0.197 e. The first-order valence-corrected chi connectivity index (χ1v) is 10.8. The zero-order valence-corrected chi connectivity index (χ0v) is 18.7. The van der Waals surface area contributed by atoms with E-state index in [-0.39, 0.29) is 6.61 Å². The van der Waals surface area contributed by atoms with E-state index in [2.05, 4.69) is 60.6 Å². The predicted octanol–water partition coefficient (Wildman–Crippen LogP) is 4.15. The van der Waals surface area contributed by atoms with E-state index in [9.17, 15) is 5.11 Å². The summed E-state index contributed by atoms with van der Waals surface area (Å²) in [5, 5.41) is 24.2. The molecule has 156 valence electrons. The zero-order valence-electron chi connectivity index (χ0n) is 16.4. The van der Waals surface area contributed by atoms with Crippen LogP contribution in [0.4, 0.5) is 0 Å². The minimum absolute atomic E-state index is 0.161. The van der Waals surface area contributed by atoms with E-state index in [1.807, 2.05) is 33.5 Å². The van der Waals surface area contributed by atoms with Crippen molar-refractivity contribution in [2.45, 2.75) is 39.3 Å². The fraction of sp³-hybridized carbons (Fsp3) is 0.300. The van der Waals surface area contributed by atoms with Gasteiger partial charge in [0.1, 0.15) is 22.4 Å². The molecule has 0 aliphatic carbocycles. The van der Waals surface area contributed by atoms with Crippen LogP contribution in [0, 0.1) is 0 Å². The number of aryl methyl sites for hydroxylation is 1. The molecule has 10 heteroatoms. The maximum absolute atomic E-state index is 9.53. The van der Waals surface area contributed by atoms with E-state index < -0.39 is 0 Å². The molecule has 0 unspecified atom stereocenters. The Morgan fingerprint density at radius 2 is 2.00 bits per heavy atom. The summed E-state index contributed by atoms with van der Waals surface area (Å²) in [6, 6.07) is 10.2. The van der Waals surface area contributed by atoms with Crippen molar-refractivity contribution < 1.29 is 5.11 Å². The van der Waals surface area contributed by atoms with Gasteiger partial charge in [-0.05, 0) is 56.5 Å². The van der Waals surface area contributed by atoms with Gasteiger partial charge in [-0.1, -0.05) is 37.1 Å². The van der Waals surface area contributed by atoms with Crippen LogP contribution in [-0.4, -0.2) is 39.8 Å². The summed E-state index contributed by atoms with van der Waals surface area (Å²) in [7, 11) is 0. The van der Waals surface area contributed by atoms with Gasteiger partial charge in [-0.15, -0.1) is 5.10 Å². The summed E-state index contributed by atoms with van der Waals surface area (Å²) in [5.74, 6) is 1.49. The monoisotopic (exact) mass is 489 g/mol. The lowest BCUT2D eigenvalue weighted by molar-refractivity contribution is 0.277. The highest BCUT2D eigenvalue weighted by molar-refractivity contribution is 9.10. The number of hydrogen-bond donors (Lipinski definition) is 2. The quantitative estimate of drug-likeness (QED) is 0.387. The van der Waals surface area contributed by atoms with Gasteiger partial charge in [-0.3, -0.25) is 0 Å². The number of unbranched alkanes of at least 4 members (excludes halogenated alkanes) is 1. The van der Waals surface area contributed by atoms with Crippen molar-refractivity contribution >= 4 is 27.5 Å². The van der Waals surface area contributed by atoms with Crippen LogP contribution in [0.1, 0.15) is 36.8 Å². The molecule has 4 aromatic rings. The number of nitrogens with zero attached hydrogens (tertiary/aromatic N) is 6. The molecule has 0 spiro atoms.